The fourth-order valence-electron chi connectivity index (χ4n) is 5.34. The first-order valence-corrected chi connectivity index (χ1v) is 12.3. The summed E-state index contributed by atoms with van der Waals surface area (Å²) in [6, 6.07) is 17.9. The molecule has 0 bridgehead atoms. The fourth-order valence-corrected chi connectivity index (χ4v) is 5.34. The van der Waals surface area contributed by atoms with E-state index in [1.54, 1.807) is 0 Å². The van der Waals surface area contributed by atoms with Crippen LogP contribution in [0.25, 0.3) is 0 Å². The molecule has 0 spiro atoms. The Morgan fingerprint density at radius 3 is 2.50 bits per heavy atom. The Hall–Kier alpha value is -2.37. The molecule has 3 heterocycles. The molecule has 2 aromatic rings. The van der Waals surface area contributed by atoms with Crippen molar-refractivity contribution in [1.82, 2.24) is 10.2 Å². The molecule has 0 aliphatic carbocycles. The van der Waals surface area contributed by atoms with Gasteiger partial charge in [-0.1, -0.05) is 36.4 Å². The molecular weight excluding hydrogens is 398 g/mol. The molecule has 2 fully saturated rings. The number of benzene rings is 2. The molecular formula is C27H35N3O2. The number of amides is 1. The SMILES string of the molecule is O=C(Cc1ccc(N2CCC(NCC3OCCc4ccccc43)CC2)cc1)N1CCCC1. The Labute approximate surface area is 191 Å². The number of likely N-dealkylation sites (tertiary alicyclic amines) is 1. The monoisotopic (exact) mass is 433 g/mol. The summed E-state index contributed by atoms with van der Waals surface area (Å²) in [7, 11) is 0. The lowest BCUT2D eigenvalue weighted by Crippen LogP contribution is -2.44. The van der Waals surface area contributed by atoms with Crippen LogP contribution in [0, 0.1) is 0 Å². The van der Waals surface area contributed by atoms with E-state index in [4.69, 9.17) is 4.74 Å². The Bertz CT molecular complexity index is 899. The highest BCUT2D eigenvalue weighted by atomic mass is 16.5. The minimum atomic E-state index is 0.175. The number of anilines is 1. The van der Waals surface area contributed by atoms with E-state index in [-0.39, 0.29) is 12.0 Å². The zero-order valence-corrected chi connectivity index (χ0v) is 19.0. The second-order valence-electron chi connectivity index (χ2n) is 9.41. The molecule has 170 valence electrons. The molecule has 1 unspecified atom stereocenters. The minimum Gasteiger partial charge on any atom is -0.372 e. The number of hydrogen-bond acceptors (Lipinski definition) is 4. The van der Waals surface area contributed by atoms with Gasteiger partial charge in [-0.15, -0.1) is 0 Å². The molecule has 5 rings (SSSR count). The minimum absolute atomic E-state index is 0.175. The van der Waals surface area contributed by atoms with E-state index in [0.29, 0.717) is 12.5 Å². The molecule has 0 saturated carbocycles. The van der Waals surface area contributed by atoms with Crippen LogP contribution in [0.2, 0.25) is 0 Å². The summed E-state index contributed by atoms with van der Waals surface area (Å²) in [5.41, 5.74) is 5.18. The van der Waals surface area contributed by atoms with E-state index in [9.17, 15) is 4.79 Å². The van der Waals surface area contributed by atoms with E-state index in [0.717, 1.165) is 77.0 Å². The van der Waals surface area contributed by atoms with Gasteiger partial charge in [0.2, 0.25) is 5.91 Å². The lowest BCUT2D eigenvalue weighted by atomic mass is 9.97. The molecule has 5 heteroatoms. The summed E-state index contributed by atoms with van der Waals surface area (Å²) < 4.78 is 6.06. The molecule has 0 aromatic heterocycles. The molecule has 5 nitrogen and oxygen atoms in total. The molecule has 0 radical (unpaired) electrons. The van der Waals surface area contributed by atoms with Crippen molar-refractivity contribution in [3.8, 4) is 0 Å². The molecule has 3 aliphatic rings. The highest BCUT2D eigenvalue weighted by Gasteiger charge is 2.24. The maximum absolute atomic E-state index is 12.4. The third kappa shape index (κ3) is 5.00. The standard InChI is InChI=1S/C27H35N3O2/c31-27(30-14-3-4-15-30)19-21-7-9-24(10-8-21)29-16-11-23(12-17-29)28-20-26-25-6-2-1-5-22(25)13-18-32-26/h1-2,5-10,23,26,28H,3-4,11-20H2. The first-order valence-electron chi connectivity index (χ1n) is 12.3. The van der Waals surface area contributed by atoms with Crippen LogP contribution in [0.5, 0.6) is 0 Å². The zero-order chi connectivity index (χ0) is 21.8. The number of nitrogens with zero attached hydrogens (tertiary/aromatic N) is 2. The van der Waals surface area contributed by atoms with E-state index >= 15 is 0 Å². The summed E-state index contributed by atoms with van der Waals surface area (Å²) in [5, 5.41) is 3.77. The van der Waals surface area contributed by atoms with E-state index < -0.39 is 0 Å². The second-order valence-corrected chi connectivity index (χ2v) is 9.41. The Balaban J connectivity index is 1.08. The predicted octanol–water partition coefficient (Wildman–Crippen LogP) is 3.72. The first-order chi connectivity index (χ1) is 15.8. The van der Waals surface area contributed by atoms with Gasteiger partial charge in [-0.2, -0.15) is 0 Å². The van der Waals surface area contributed by atoms with Crippen molar-refractivity contribution in [1.29, 1.82) is 0 Å². The zero-order valence-electron chi connectivity index (χ0n) is 19.0. The van der Waals surface area contributed by atoms with Crippen LogP contribution in [0.15, 0.2) is 48.5 Å². The maximum Gasteiger partial charge on any atom is 0.226 e. The van der Waals surface area contributed by atoms with Crippen molar-refractivity contribution in [2.45, 2.75) is 50.7 Å². The summed E-state index contributed by atoms with van der Waals surface area (Å²) >= 11 is 0. The number of carbonyl (C=O) groups excluding carboxylic acids is 1. The summed E-state index contributed by atoms with van der Waals surface area (Å²) in [6.07, 6.45) is 6.31. The Kier molecular flexibility index (Phi) is 6.75. The fraction of sp³-hybridized carbons (Fsp3) is 0.519. The topological polar surface area (TPSA) is 44.8 Å². The number of rotatable bonds is 6. The maximum atomic E-state index is 12.4. The van der Waals surface area contributed by atoms with Crippen LogP contribution in [0.4, 0.5) is 5.69 Å². The summed E-state index contributed by atoms with van der Waals surface area (Å²) in [4.78, 5) is 16.9. The quantitative estimate of drug-likeness (QED) is 0.754. The summed E-state index contributed by atoms with van der Waals surface area (Å²) in [6.45, 7) is 5.69. The molecule has 2 aromatic carbocycles. The largest absolute Gasteiger partial charge is 0.372 e. The average Bonchev–Trinajstić information content (AvgIpc) is 3.39. The van der Waals surface area contributed by atoms with Gasteiger partial charge >= 0.3 is 0 Å². The van der Waals surface area contributed by atoms with Crippen LogP contribution < -0.4 is 10.2 Å². The molecule has 1 N–H and O–H groups in total. The number of nitrogens with one attached hydrogen (secondary N) is 1. The number of carbonyl (C=O) groups is 1. The van der Waals surface area contributed by atoms with Gasteiger partial charge in [-0.25, -0.2) is 0 Å². The molecule has 1 amide bonds. The number of ether oxygens (including phenoxy) is 1. The van der Waals surface area contributed by atoms with Crippen molar-refractivity contribution < 1.29 is 9.53 Å². The third-order valence-electron chi connectivity index (χ3n) is 7.29. The summed E-state index contributed by atoms with van der Waals surface area (Å²) in [5.74, 6) is 0.270. The van der Waals surface area contributed by atoms with Gasteiger partial charge < -0.3 is 19.9 Å². The van der Waals surface area contributed by atoms with Crippen molar-refractivity contribution in [2.24, 2.45) is 0 Å². The van der Waals surface area contributed by atoms with Crippen LogP contribution in [0.1, 0.15) is 48.5 Å². The second kappa shape index (κ2) is 10.1. The Morgan fingerprint density at radius 2 is 1.72 bits per heavy atom. The molecule has 32 heavy (non-hydrogen) atoms. The molecule has 3 aliphatic heterocycles. The van der Waals surface area contributed by atoms with Gasteiger partial charge in [0.15, 0.2) is 0 Å². The van der Waals surface area contributed by atoms with Gasteiger partial charge in [-0.3, -0.25) is 4.79 Å². The third-order valence-corrected chi connectivity index (χ3v) is 7.29. The lowest BCUT2D eigenvalue weighted by molar-refractivity contribution is -0.129. The lowest BCUT2D eigenvalue weighted by Gasteiger charge is -2.35. The smallest absolute Gasteiger partial charge is 0.226 e. The van der Waals surface area contributed by atoms with E-state index in [1.807, 2.05) is 4.90 Å². The first kappa shape index (κ1) is 21.5. The van der Waals surface area contributed by atoms with Gasteiger partial charge in [0.05, 0.1) is 19.1 Å². The number of piperidine rings is 1. The molecule has 2 saturated heterocycles. The van der Waals surface area contributed by atoms with Gasteiger partial charge in [0.1, 0.15) is 0 Å². The number of hydrogen-bond donors (Lipinski definition) is 1. The van der Waals surface area contributed by atoms with Crippen molar-refractivity contribution in [3.63, 3.8) is 0 Å². The predicted molar refractivity (Wildman–Crippen MR) is 128 cm³/mol. The molecule has 1 atom stereocenters. The normalized spacial score (nSPS) is 21.6. The van der Waals surface area contributed by atoms with Crippen LogP contribution in [0.3, 0.4) is 0 Å². The van der Waals surface area contributed by atoms with Gasteiger partial charge in [0.25, 0.3) is 0 Å². The van der Waals surface area contributed by atoms with E-state index in [1.165, 1.54) is 16.8 Å². The highest BCUT2D eigenvalue weighted by Crippen LogP contribution is 2.27. The average molecular weight is 434 g/mol. The van der Waals surface area contributed by atoms with Crippen molar-refractivity contribution in [3.05, 3.63) is 65.2 Å². The van der Waals surface area contributed by atoms with Crippen molar-refractivity contribution in [2.75, 3.05) is 44.2 Å². The van der Waals surface area contributed by atoms with Crippen molar-refractivity contribution >= 4 is 11.6 Å². The van der Waals surface area contributed by atoms with Gasteiger partial charge in [0, 0.05) is 44.5 Å². The Morgan fingerprint density at radius 1 is 0.969 bits per heavy atom. The highest BCUT2D eigenvalue weighted by molar-refractivity contribution is 5.79. The number of fused-ring (bicyclic) bond motifs is 1. The van der Waals surface area contributed by atoms with Crippen LogP contribution in [-0.4, -0.2) is 56.2 Å². The van der Waals surface area contributed by atoms with Crippen LogP contribution >= 0.6 is 0 Å². The van der Waals surface area contributed by atoms with Gasteiger partial charge in [-0.05, 0) is 60.9 Å². The van der Waals surface area contributed by atoms with E-state index in [2.05, 4.69) is 58.7 Å². The van der Waals surface area contributed by atoms with Crippen LogP contribution in [-0.2, 0) is 22.4 Å².